The predicted octanol–water partition coefficient (Wildman–Crippen LogP) is 3.36. The van der Waals surface area contributed by atoms with Gasteiger partial charge in [0.25, 0.3) is 0 Å². The van der Waals surface area contributed by atoms with E-state index >= 15 is 0 Å². The Bertz CT molecular complexity index is 321. The summed E-state index contributed by atoms with van der Waals surface area (Å²) in [7, 11) is 0. The fourth-order valence-corrected chi connectivity index (χ4v) is 1.22. The molecule has 0 heterocycles. The SMILES string of the molecule is Cl.N[C@@H](CC(F)F)c1ccc(OC(F)F)cc1. The molecular formula is C10H12ClF4NO. The number of nitrogens with two attached hydrogens (primary N) is 1. The summed E-state index contributed by atoms with van der Waals surface area (Å²) in [5.41, 5.74) is 5.94. The van der Waals surface area contributed by atoms with Crippen molar-refractivity contribution in [3.8, 4) is 5.75 Å². The van der Waals surface area contributed by atoms with Gasteiger partial charge < -0.3 is 10.5 Å². The van der Waals surface area contributed by atoms with Gasteiger partial charge in [-0.25, -0.2) is 8.78 Å². The minimum atomic E-state index is -2.90. The fourth-order valence-electron chi connectivity index (χ4n) is 1.22. The molecule has 7 heteroatoms. The summed E-state index contributed by atoms with van der Waals surface area (Å²) in [4.78, 5) is 0. The van der Waals surface area contributed by atoms with Crippen LogP contribution >= 0.6 is 12.4 Å². The van der Waals surface area contributed by atoms with Crippen LogP contribution in [-0.2, 0) is 0 Å². The topological polar surface area (TPSA) is 35.2 Å². The van der Waals surface area contributed by atoms with Crippen LogP contribution in [0.15, 0.2) is 24.3 Å². The van der Waals surface area contributed by atoms with Gasteiger partial charge in [0, 0.05) is 12.5 Å². The van der Waals surface area contributed by atoms with Crippen LogP contribution in [-0.4, -0.2) is 13.0 Å². The summed E-state index contributed by atoms with van der Waals surface area (Å²) in [5.74, 6) is -0.0250. The van der Waals surface area contributed by atoms with E-state index < -0.39 is 25.5 Å². The summed E-state index contributed by atoms with van der Waals surface area (Å²) in [5, 5.41) is 0. The van der Waals surface area contributed by atoms with Crippen LogP contribution in [0.25, 0.3) is 0 Å². The Labute approximate surface area is 102 Å². The summed E-state index contributed by atoms with van der Waals surface area (Å²) in [6, 6.07) is 4.52. The van der Waals surface area contributed by atoms with Crippen LogP contribution in [0.5, 0.6) is 5.75 Å². The second kappa shape index (κ2) is 7.34. The van der Waals surface area contributed by atoms with Gasteiger partial charge in [-0.2, -0.15) is 8.78 Å². The monoisotopic (exact) mass is 273 g/mol. The Kier molecular flexibility index (Phi) is 6.91. The molecule has 0 aromatic heterocycles. The zero-order valence-corrected chi connectivity index (χ0v) is 9.47. The normalized spacial score (nSPS) is 12.4. The quantitative estimate of drug-likeness (QED) is 0.835. The van der Waals surface area contributed by atoms with Crippen LogP contribution in [0.3, 0.4) is 0 Å². The van der Waals surface area contributed by atoms with E-state index in [2.05, 4.69) is 4.74 Å². The van der Waals surface area contributed by atoms with Crippen LogP contribution in [0.2, 0.25) is 0 Å². The molecule has 1 aromatic rings. The number of rotatable bonds is 5. The van der Waals surface area contributed by atoms with Crippen molar-refractivity contribution in [2.45, 2.75) is 25.5 Å². The van der Waals surface area contributed by atoms with Gasteiger partial charge in [-0.05, 0) is 17.7 Å². The Morgan fingerprint density at radius 1 is 1.06 bits per heavy atom. The van der Waals surface area contributed by atoms with Crippen molar-refractivity contribution >= 4 is 12.4 Å². The first kappa shape index (κ1) is 16.0. The molecule has 0 saturated carbocycles. The zero-order valence-electron chi connectivity index (χ0n) is 8.65. The van der Waals surface area contributed by atoms with Crippen LogP contribution in [0.1, 0.15) is 18.0 Å². The molecular weight excluding hydrogens is 262 g/mol. The molecule has 1 aromatic carbocycles. The standard InChI is InChI=1S/C10H11F4NO.ClH/c11-9(12)5-8(15)6-1-3-7(4-2-6)16-10(13)14;/h1-4,8-10H,5,15H2;1H/t8-;/m0./s1. The summed E-state index contributed by atoms with van der Waals surface area (Å²) in [6.45, 7) is -2.90. The maximum atomic E-state index is 12.0. The first-order valence-corrected chi connectivity index (χ1v) is 4.57. The second-order valence-electron chi connectivity index (χ2n) is 3.18. The number of ether oxygens (including phenoxy) is 1. The lowest BCUT2D eigenvalue weighted by molar-refractivity contribution is -0.0498. The third-order valence-corrected chi connectivity index (χ3v) is 1.97. The Morgan fingerprint density at radius 2 is 1.59 bits per heavy atom. The zero-order chi connectivity index (χ0) is 12.1. The molecule has 0 aliphatic heterocycles. The van der Waals surface area contributed by atoms with E-state index in [1.807, 2.05) is 0 Å². The van der Waals surface area contributed by atoms with E-state index in [1.165, 1.54) is 24.3 Å². The second-order valence-corrected chi connectivity index (χ2v) is 3.18. The van der Waals surface area contributed by atoms with Gasteiger partial charge in [-0.1, -0.05) is 12.1 Å². The van der Waals surface area contributed by atoms with Crippen molar-refractivity contribution in [2.75, 3.05) is 0 Å². The van der Waals surface area contributed by atoms with E-state index in [4.69, 9.17) is 5.73 Å². The van der Waals surface area contributed by atoms with Crippen molar-refractivity contribution in [1.82, 2.24) is 0 Å². The highest BCUT2D eigenvalue weighted by Crippen LogP contribution is 2.21. The van der Waals surface area contributed by atoms with Gasteiger partial charge >= 0.3 is 6.61 Å². The lowest BCUT2D eigenvalue weighted by Gasteiger charge is -2.12. The van der Waals surface area contributed by atoms with Gasteiger partial charge in [0.15, 0.2) is 0 Å². The summed E-state index contributed by atoms with van der Waals surface area (Å²) >= 11 is 0. The summed E-state index contributed by atoms with van der Waals surface area (Å²) < 4.78 is 51.8. The molecule has 0 radical (unpaired) electrons. The van der Waals surface area contributed by atoms with Crippen molar-refractivity contribution in [1.29, 1.82) is 0 Å². The van der Waals surface area contributed by atoms with E-state index in [1.54, 1.807) is 0 Å². The summed E-state index contributed by atoms with van der Waals surface area (Å²) in [6.07, 6.45) is -2.96. The van der Waals surface area contributed by atoms with Crippen molar-refractivity contribution in [3.05, 3.63) is 29.8 Å². The van der Waals surface area contributed by atoms with Crippen LogP contribution in [0.4, 0.5) is 17.6 Å². The highest BCUT2D eigenvalue weighted by molar-refractivity contribution is 5.85. The first-order chi connectivity index (χ1) is 7.49. The molecule has 0 fully saturated rings. The fraction of sp³-hybridized carbons (Fsp3) is 0.400. The van der Waals surface area contributed by atoms with E-state index in [9.17, 15) is 17.6 Å². The molecule has 98 valence electrons. The van der Waals surface area contributed by atoms with Crippen molar-refractivity contribution in [2.24, 2.45) is 5.73 Å². The minimum Gasteiger partial charge on any atom is -0.435 e. The van der Waals surface area contributed by atoms with E-state index in [0.29, 0.717) is 5.56 Å². The van der Waals surface area contributed by atoms with Crippen molar-refractivity contribution in [3.63, 3.8) is 0 Å². The average Bonchev–Trinajstić information content (AvgIpc) is 2.16. The molecule has 0 spiro atoms. The number of benzene rings is 1. The maximum absolute atomic E-state index is 12.0. The number of halogens is 5. The molecule has 0 aliphatic carbocycles. The lowest BCUT2D eigenvalue weighted by atomic mass is 10.1. The van der Waals surface area contributed by atoms with Gasteiger partial charge in [0.1, 0.15) is 5.75 Å². The number of hydrogen-bond acceptors (Lipinski definition) is 2. The predicted molar refractivity (Wildman–Crippen MR) is 57.9 cm³/mol. The van der Waals surface area contributed by atoms with Crippen LogP contribution < -0.4 is 10.5 Å². The molecule has 0 aliphatic rings. The third-order valence-electron chi connectivity index (χ3n) is 1.97. The van der Waals surface area contributed by atoms with Gasteiger partial charge in [-0.3, -0.25) is 0 Å². The Hall–Kier alpha value is -1.01. The van der Waals surface area contributed by atoms with E-state index in [-0.39, 0.29) is 18.2 Å². The molecule has 17 heavy (non-hydrogen) atoms. The Balaban J connectivity index is 0.00000256. The molecule has 0 saturated heterocycles. The Morgan fingerprint density at radius 3 is 2.00 bits per heavy atom. The van der Waals surface area contributed by atoms with Crippen LogP contribution in [0, 0.1) is 0 Å². The molecule has 0 bridgehead atoms. The van der Waals surface area contributed by atoms with Gasteiger partial charge in [-0.15, -0.1) is 12.4 Å². The average molecular weight is 274 g/mol. The number of alkyl halides is 4. The van der Waals surface area contributed by atoms with Gasteiger partial charge in [0.2, 0.25) is 6.43 Å². The highest BCUT2D eigenvalue weighted by atomic mass is 35.5. The largest absolute Gasteiger partial charge is 0.435 e. The maximum Gasteiger partial charge on any atom is 0.387 e. The molecule has 1 atom stereocenters. The van der Waals surface area contributed by atoms with Crippen molar-refractivity contribution < 1.29 is 22.3 Å². The third kappa shape index (κ3) is 5.74. The molecule has 1 rings (SSSR count). The molecule has 0 unspecified atom stereocenters. The molecule has 0 amide bonds. The molecule has 2 nitrogen and oxygen atoms in total. The molecule has 2 N–H and O–H groups in total. The smallest absolute Gasteiger partial charge is 0.387 e. The van der Waals surface area contributed by atoms with Gasteiger partial charge in [0.05, 0.1) is 0 Å². The highest BCUT2D eigenvalue weighted by Gasteiger charge is 2.13. The first-order valence-electron chi connectivity index (χ1n) is 4.57. The minimum absolute atomic E-state index is 0. The number of hydrogen-bond donors (Lipinski definition) is 1. The lowest BCUT2D eigenvalue weighted by Crippen LogP contribution is -2.13. The van der Waals surface area contributed by atoms with E-state index in [0.717, 1.165) is 0 Å².